The standard InChI is InChI=1S/C16H20N4S/c1-10(2)14-19-12-9-11(17)5-6-13(12)20(14)16(3,4)15-18-7-8-21-15/h5-10H,17H2,1-4H3. The van der Waals surface area contributed by atoms with Crippen molar-refractivity contribution in [2.24, 2.45) is 0 Å². The number of anilines is 1. The molecule has 2 heterocycles. The van der Waals surface area contributed by atoms with Gasteiger partial charge in [-0.15, -0.1) is 11.3 Å². The van der Waals surface area contributed by atoms with Gasteiger partial charge in [-0.1, -0.05) is 13.8 Å². The minimum atomic E-state index is -0.237. The van der Waals surface area contributed by atoms with Gasteiger partial charge in [-0.05, 0) is 32.0 Å². The van der Waals surface area contributed by atoms with Crippen LogP contribution in [0, 0.1) is 0 Å². The number of nitrogens with two attached hydrogens (primary N) is 1. The average Bonchev–Trinajstić information content (AvgIpc) is 3.05. The van der Waals surface area contributed by atoms with Crippen molar-refractivity contribution >= 4 is 28.1 Å². The molecule has 3 aromatic rings. The van der Waals surface area contributed by atoms with E-state index in [1.54, 1.807) is 11.3 Å². The summed E-state index contributed by atoms with van der Waals surface area (Å²) in [6.07, 6.45) is 1.86. The van der Waals surface area contributed by atoms with E-state index in [4.69, 9.17) is 10.7 Å². The van der Waals surface area contributed by atoms with Crippen molar-refractivity contribution < 1.29 is 0 Å². The fourth-order valence-corrected chi connectivity index (χ4v) is 3.46. The lowest BCUT2D eigenvalue weighted by Crippen LogP contribution is -2.29. The van der Waals surface area contributed by atoms with Gasteiger partial charge in [0.05, 0.1) is 16.6 Å². The quantitative estimate of drug-likeness (QED) is 0.744. The molecule has 0 saturated carbocycles. The van der Waals surface area contributed by atoms with Crippen molar-refractivity contribution in [1.29, 1.82) is 0 Å². The Hall–Kier alpha value is -1.88. The summed E-state index contributed by atoms with van der Waals surface area (Å²) < 4.78 is 2.30. The van der Waals surface area contributed by atoms with Gasteiger partial charge >= 0.3 is 0 Å². The Morgan fingerprint density at radius 3 is 2.67 bits per heavy atom. The van der Waals surface area contributed by atoms with E-state index in [9.17, 15) is 0 Å². The molecule has 110 valence electrons. The van der Waals surface area contributed by atoms with Gasteiger partial charge in [0.1, 0.15) is 10.8 Å². The fraction of sp³-hybridized carbons (Fsp3) is 0.375. The molecule has 0 aliphatic heterocycles. The van der Waals surface area contributed by atoms with Gasteiger partial charge in [0, 0.05) is 23.2 Å². The van der Waals surface area contributed by atoms with E-state index in [1.165, 1.54) is 0 Å². The van der Waals surface area contributed by atoms with E-state index in [2.05, 4.69) is 43.3 Å². The van der Waals surface area contributed by atoms with Gasteiger partial charge in [-0.3, -0.25) is 0 Å². The van der Waals surface area contributed by atoms with Gasteiger partial charge in [-0.2, -0.15) is 0 Å². The molecule has 21 heavy (non-hydrogen) atoms. The lowest BCUT2D eigenvalue weighted by atomic mass is 10.0. The second-order valence-corrected chi connectivity index (χ2v) is 7.00. The number of thiazole rings is 1. The smallest absolute Gasteiger partial charge is 0.118 e. The predicted octanol–water partition coefficient (Wildman–Crippen LogP) is 3.98. The highest BCUT2D eigenvalue weighted by atomic mass is 32.1. The molecule has 5 heteroatoms. The average molecular weight is 300 g/mol. The third-order valence-corrected chi connectivity index (χ3v) is 4.82. The van der Waals surface area contributed by atoms with E-state index in [0.717, 1.165) is 27.6 Å². The second kappa shape index (κ2) is 4.84. The summed E-state index contributed by atoms with van der Waals surface area (Å²) in [6.45, 7) is 8.71. The molecule has 0 unspecified atom stereocenters. The van der Waals surface area contributed by atoms with Crippen LogP contribution in [0.5, 0.6) is 0 Å². The number of hydrogen-bond acceptors (Lipinski definition) is 4. The lowest BCUT2D eigenvalue weighted by molar-refractivity contribution is 0.422. The molecule has 4 nitrogen and oxygen atoms in total. The summed E-state index contributed by atoms with van der Waals surface area (Å²) in [4.78, 5) is 9.32. The first kappa shape index (κ1) is 14.1. The first-order chi connectivity index (χ1) is 9.91. The number of aromatic nitrogens is 3. The van der Waals surface area contributed by atoms with E-state index in [0.29, 0.717) is 5.92 Å². The highest BCUT2D eigenvalue weighted by Crippen LogP contribution is 2.35. The number of benzene rings is 1. The van der Waals surface area contributed by atoms with Crippen LogP contribution in [0.3, 0.4) is 0 Å². The topological polar surface area (TPSA) is 56.7 Å². The molecular weight excluding hydrogens is 280 g/mol. The van der Waals surface area contributed by atoms with Crippen LogP contribution in [0.25, 0.3) is 11.0 Å². The normalized spacial score (nSPS) is 12.4. The number of nitrogens with zero attached hydrogens (tertiary/aromatic N) is 3. The van der Waals surface area contributed by atoms with Gasteiger partial charge in [0.25, 0.3) is 0 Å². The first-order valence-electron chi connectivity index (χ1n) is 7.09. The summed E-state index contributed by atoms with van der Waals surface area (Å²) in [5.41, 5.74) is 8.46. The number of nitrogen functional groups attached to an aromatic ring is 1. The van der Waals surface area contributed by atoms with E-state index >= 15 is 0 Å². The summed E-state index contributed by atoms with van der Waals surface area (Å²) in [5, 5.41) is 3.10. The summed E-state index contributed by atoms with van der Waals surface area (Å²) in [7, 11) is 0. The molecular formula is C16H20N4S. The van der Waals surface area contributed by atoms with Gasteiger partial charge < -0.3 is 10.3 Å². The Morgan fingerprint density at radius 2 is 2.05 bits per heavy atom. The highest BCUT2D eigenvalue weighted by molar-refractivity contribution is 7.09. The third-order valence-electron chi connectivity index (χ3n) is 3.74. The minimum absolute atomic E-state index is 0.237. The fourth-order valence-electron chi connectivity index (χ4n) is 2.71. The molecule has 2 N–H and O–H groups in total. The van der Waals surface area contributed by atoms with Crippen LogP contribution in [0.15, 0.2) is 29.8 Å². The Morgan fingerprint density at radius 1 is 1.29 bits per heavy atom. The highest BCUT2D eigenvalue weighted by Gasteiger charge is 2.31. The zero-order chi connectivity index (χ0) is 15.2. The molecule has 1 aromatic carbocycles. The zero-order valence-corrected chi connectivity index (χ0v) is 13.6. The minimum Gasteiger partial charge on any atom is -0.399 e. The Balaban J connectivity index is 2.32. The Labute approximate surface area is 128 Å². The van der Waals surface area contributed by atoms with Gasteiger partial charge in [0.15, 0.2) is 0 Å². The molecule has 0 amide bonds. The lowest BCUT2D eigenvalue weighted by Gasteiger charge is -2.28. The molecule has 0 aliphatic rings. The van der Waals surface area contributed by atoms with E-state index in [1.807, 2.05) is 23.7 Å². The second-order valence-electron chi connectivity index (χ2n) is 6.10. The first-order valence-corrected chi connectivity index (χ1v) is 7.97. The van der Waals surface area contributed by atoms with Crippen LogP contribution >= 0.6 is 11.3 Å². The summed E-state index contributed by atoms with van der Waals surface area (Å²) >= 11 is 1.68. The van der Waals surface area contributed by atoms with Crippen molar-refractivity contribution in [3.63, 3.8) is 0 Å². The van der Waals surface area contributed by atoms with Crippen molar-refractivity contribution in [2.75, 3.05) is 5.73 Å². The third kappa shape index (κ3) is 2.21. The molecule has 2 aromatic heterocycles. The molecule has 0 saturated heterocycles. The van der Waals surface area contributed by atoms with E-state index < -0.39 is 0 Å². The largest absolute Gasteiger partial charge is 0.399 e. The molecule has 0 aliphatic carbocycles. The molecule has 0 atom stereocenters. The summed E-state index contributed by atoms with van der Waals surface area (Å²) in [6, 6.07) is 5.93. The maximum absolute atomic E-state index is 5.90. The molecule has 0 spiro atoms. The van der Waals surface area contributed by atoms with Gasteiger partial charge in [-0.25, -0.2) is 9.97 Å². The number of rotatable bonds is 3. The summed E-state index contributed by atoms with van der Waals surface area (Å²) in [5.74, 6) is 1.40. The zero-order valence-electron chi connectivity index (χ0n) is 12.8. The number of imidazole rings is 1. The number of fused-ring (bicyclic) bond motifs is 1. The monoisotopic (exact) mass is 300 g/mol. The van der Waals surface area contributed by atoms with Crippen LogP contribution in [0.1, 0.15) is 44.4 Å². The van der Waals surface area contributed by atoms with Crippen molar-refractivity contribution in [3.8, 4) is 0 Å². The van der Waals surface area contributed by atoms with Crippen LogP contribution in [0.2, 0.25) is 0 Å². The maximum atomic E-state index is 5.90. The van der Waals surface area contributed by atoms with Crippen LogP contribution in [-0.2, 0) is 5.54 Å². The van der Waals surface area contributed by atoms with Crippen molar-refractivity contribution in [1.82, 2.24) is 14.5 Å². The van der Waals surface area contributed by atoms with Crippen molar-refractivity contribution in [2.45, 2.75) is 39.2 Å². The molecule has 0 bridgehead atoms. The van der Waals surface area contributed by atoms with Gasteiger partial charge in [0.2, 0.25) is 0 Å². The van der Waals surface area contributed by atoms with Crippen molar-refractivity contribution in [3.05, 3.63) is 40.6 Å². The van der Waals surface area contributed by atoms with E-state index in [-0.39, 0.29) is 5.54 Å². The Kier molecular flexibility index (Phi) is 3.24. The number of hydrogen-bond donors (Lipinski definition) is 1. The van der Waals surface area contributed by atoms with Crippen LogP contribution in [-0.4, -0.2) is 14.5 Å². The predicted molar refractivity (Wildman–Crippen MR) is 88.8 cm³/mol. The molecule has 0 radical (unpaired) electrons. The molecule has 0 fully saturated rings. The Bertz CT molecular complexity index is 769. The SMILES string of the molecule is CC(C)c1nc2cc(N)ccc2n1C(C)(C)c1nccs1. The molecule has 3 rings (SSSR count). The van der Waals surface area contributed by atoms with Crippen LogP contribution < -0.4 is 5.73 Å². The van der Waals surface area contributed by atoms with Crippen LogP contribution in [0.4, 0.5) is 5.69 Å². The maximum Gasteiger partial charge on any atom is 0.118 e.